The standard InChI is InChI=1S/C31H23BrClN3O5S/c1-4-41-30(39)24-25(16-8-6-5-7-9-16)34-31-36(26(24)20-15-18(33)11-13-22(20)40-3)29(38)27(42-31)23-19-14-17(32)10-12-21(19)35(2)28(23)37/h5-15,26H,4H2,1-3H3/b27-23+/t26-/m1/s1. The van der Waals surface area contributed by atoms with Gasteiger partial charge in [0.15, 0.2) is 4.80 Å². The molecular weight excluding hydrogens is 642 g/mol. The Morgan fingerprint density at radius 2 is 1.86 bits per heavy atom. The first-order valence-corrected chi connectivity index (χ1v) is 15.0. The van der Waals surface area contributed by atoms with Crippen molar-refractivity contribution in [3.05, 3.63) is 118 Å². The molecule has 212 valence electrons. The number of carbonyl (C=O) groups is 2. The number of halogens is 2. The van der Waals surface area contributed by atoms with Crippen molar-refractivity contribution < 1.29 is 19.1 Å². The minimum atomic E-state index is -1.00. The summed E-state index contributed by atoms with van der Waals surface area (Å²) in [6.07, 6.45) is 0. The number of rotatable bonds is 5. The zero-order chi connectivity index (χ0) is 29.7. The van der Waals surface area contributed by atoms with E-state index in [0.717, 1.165) is 15.8 Å². The summed E-state index contributed by atoms with van der Waals surface area (Å²) in [6.45, 7) is 1.83. The Bertz CT molecular complexity index is 2000. The molecule has 6 rings (SSSR count). The number of carbonyl (C=O) groups excluding carboxylic acids is 2. The zero-order valence-corrected chi connectivity index (χ0v) is 25.8. The van der Waals surface area contributed by atoms with Gasteiger partial charge in [0.1, 0.15) is 16.3 Å². The molecule has 0 bridgehead atoms. The van der Waals surface area contributed by atoms with Gasteiger partial charge in [-0.3, -0.25) is 14.2 Å². The molecule has 1 aromatic heterocycles. The molecule has 11 heteroatoms. The van der Waals surface area contributed by atoms with Gasteiger partial charge in [-0.15, -0.1) is 0 Å². The van der Waals surface area contributed by atoms with Gasteiger partial charge in [0, 0.05) is 33.2 Å². The lowest BCUT2D eigenvalue weighted by Gasteiger charge is -2.27. The number of esters is 1. The molecule has 3 heterocycles. The number of fused-ring (bicyclic) bond motifs is 2. The van der Waals surface area contributed by atoms with E-state index in [1.165, 1.54) is 16.6 Å². The largest absolute Gasteiger partial charge is 0.496 e. The minimum absolute atomic E-state index is 0.116. The van der Waals surface area contributed by atoms with Crippen LogP contribution in [0.5, 0.6) is 5.75 Å². The van der Waals surface area contributed by atoms with E-state index in [-0.39, 0.29) is 28.2 Å². The number of nitrogens with zero attached hydrogens (tertiary/aromatic N) is 3. The second kappa shape index (κ2) is 11.0. The van der Waals surface area contributed by atoms with Gasteiger partial charge in [-0.05, 0) is 43.3 Å². The van der Waals surface area contributed by atoms with Crippen LogP contribution in [0.4, 0.5) is 5.69 Å². The monoisotopic (exact) mass is 663 g/mol. The summed E-state index contributed by atoms with van der Waals surface area (Å²) in [5.41, 5.74) is 2.79. The SMILES string of the molecule is CCOC(=O)C1=C(c2ccccc2)N=c2s/c(=C3/C(=O)N(C)c4ccc(Br)cc43)c(=O)n2[C@@H]1c1cc(Cl)ccc1OC. The maximum atomic E-state index is 14.4. The van der Waals surface area contributed by atoms with Crippen LogP contribution in [-0.4, -0.2) is 37.2 Å². The summed E-state index contributed by atoms with van der Waals surface area (Å²) in [4.78, 5) is 48.4. The van der Waals surface area contributed by atoms with Crippen molar-refractivity contribution in [2.45, 2.75) is 13.0 Å². The summed E-state index contributed by atoms with van der Waals surface area (Å²) in [7, 11) is 3.18. The van der Waals surface area contributed by atoms with Crippen LogP contribution >= 0.6 is 38.9 Å². The number of thiazole rings is 1. The third-order valence-corrected chi connectivity index (χ3v) is 8.95. The minimum Gasteiger partial charge on any atom is -0.496 e. The third kappa shape index (κ3) is 4.50. The molecule has 2 aliphatic rings. The lowest BCUT2D eigenvalue weighted by atomic mass is 9.92. The molecule has 0 fully saturated rings. The molecule has 0 saturated heterocycles. The van der Waals surface area contributed by atoms with Crippen LogP contribution in [0.2, 0.25) is 5.02 Å². The van der Waals surface area contributed by atoms with Crippen LogP contribution in [-0.2, 0) is 14.3 Å². The number of aromatic nitrogens is 1. The van der Waals surface area contributed by atoms with E-state index >= 15 is 0 Å². The summed E-state index contributed by atoms with van der Waals surface area (Å²) in [5.74, 6) is -0.515. The fourth-order valence-electron chi connectivity index (χ4n) is 5.32. The number of likely N-dealkylation sites (N-methyl/N-ethyl adjacent to an activating group) is 1. The van der Waals surface area contributed by atoms with Crippen LogP contribution in [0.3, 0.4) is 0 Å². The number of hydrogen-bond donors (Lipinski definition) is 0. The Kier molecular flexibility index (Phi) is 7.38. The Morgan fingerprint density at radius 3 is 2.57 bits per heavy atom. The van der Waals surface area contributed by atoms with Gasteiger partial charge in [0.2, 0.25) is 0 Å². The normalized spacial score (nSPS) is 17.1. The highest BCUT2D eigenvalue weighted by Gasteiger charge is 2.38. The average molecular weight is 665 g/mol. The molecule has 0 N–H and O–H groups in total. The first-order valence-electron chi connectivity index (χ1n) is 13.0. The number of anilines is 1. The predicted molar refractivity (Wildman–Crippen MR) is 166 cm³/mol. The van der Waals surface area contributed by atoms with E-state index in [2.05, 4.69) is 15.9 Å². The first-order chi connectivity index (χ1) is 20.2. The molecule has 1 atom stereocenters. The quantitative estimate of drug-likeness (QED) is 0.289. The molecule has 8 nitrogen and oxygen atoms in total. The fourth-order valence-corrected chi connectivity index (χ4v) is 6.95. The van der Waals surface area contributed by atoms with Crippen molar-refractivity contribution in [2.24, 2.45) is 4.99 Å². The molecule has 0 spiro atoms. The summed E-state index contributed by atoms with van der Waals surface area (Å²) >= 11 is 11.1. The van der Waals surface area contributed by atoms with Gasteiger partial charge >= 0.3 is 5.97 Å². The van der Waals surface area contributed by atoms with E-state index in [9.17, 15) is 14.4 Å². The Balaban J connectivity index is 1.76. The van der Waals surface area contributed by atoms with Gasteiger partial charge in [-0.2, -0.15) is 0 Å². The molecule has 0 saturated carbocycles. The van der Waals surface area contributed by atoms with Crippen molar-refractivity contribution >= 4 is 67.7 Å². The van der Waals surface area contributed by atoms with E-state index in [0.29, 0.717) is 43.6 Å². The Labute approximate surface area is 257 Å². The van der Waals surface area contributed by atoms with E-state index in [1.54, 1.807) is 32.2 Å². The van der Waals surface area contributed by atoms with Gasteiger partial charge in [0.05, 0.1) is 36.2 Å². The van der Waals surface area contributed by atoms with Crippen molar-refractivity contribution in [2.75, 3.05) is 25.7 Å². The second-order valence-electron chi connectivity index (χ2n) is 9.54. The highest BCUT2D eigenvalue weighted by Crippen LogP contribution is 2.40. The molecule has 3 aromatic carbocycles. The number of amides is 1. The number of ether oxygens (including phenoxy) is 2. The lowest BCUT2D eigenvalue weighted by Crippen LogP contribution is -2.41. The Morgan fingerprint density at radius 1 is 1.10 bits per heavy atom. The topological polar surface area (TPSA) is 90.2 Å². The highest BCUT2D eigenvalue weighted by atomic mass is 79.9. The molecule has 0 unspecified atom stereocenters. The maximum Gasteiger partial charge on any atom is 0.338 e. The molecule has 1 amide bonds. The molecule has 4 aromatic rings. The van der Waals surface area contributed by atoms with Gasteiger partial charge in [0.25, 0.3) is 11.5 Å². The number of hydrogen-bond acceptors (Lipinski definition) is 7. The zero-order valence-electron chi connectivity index (χ0n) is 22.7. The summed E-state index contributed by atoms with van der Waals surface area (Å²) in [6, 6.07) is 18.7. The summed E-state index contributed by atoms with van der Waals surface area (Å²) < 4.78 is 13.6. The maximum absolute atomic E-state index is 14.4. The van der Waals surface area contributed by atoms with E-state index in [4.69, 9.17) is 26.1 Å². The summed E-state index contributed by atoms with van der Waals surface area (Å²) in [5, 5.41) is 0.392. The van der Waals surface area contributed by atoms with Crippen molar-refractivity contribution in [1.82, 2.24) is 4.57 Å². The highest BCUT2D eigenvalue weighted by molar-refractivity contribution is 9.10. The van der Waals surface area contributed by atoms with Crippen molar-refractivity contribution in [3.63, 3.8) is 0 Å². The number of benzene rings is 3. The predicted octanol–water partition coefficient (Wildman–Crippen LogP) is 4.71. The molecule has 2 aliphatic heterocycles. The van der Waals surface area contributed by atoms with Gasteiger partial charge in [-0.25, -0.2) is 9.79 Å². The first kappa shape index (κ1) is 28.1. The smallest absolute Gasteiger partial charge is 0.338 e. The molecule has 0 radical (unpaired) electrons. The molecule has 42 heavy (non-hydrogen) atoms. The fraction of sp³-hybridized carbons (Fsp3) is 0.161. The number of methoxy groups -OCH3 is 1. The van der Waals surface area contributed by atoms with Crippen LogP contribution in [0.1, 0.15) is 29.7 Å². The third-order valence-electron chi connectivity index (χ3n) is 7.17. The van der Waals surface area contributed by atoms with Crippen molar-refractivity contribution in [1.29, 1.82) is 0 Å². The van der Waals surface area contributed by atoms with Crippen LogP contribution in [0, 0.1) is 0 Å². The van der Waals surface area contributed by atoms with Gasteiger partial charge < -0.3 is 14.4 Å². The average Bonchev–Trinajstić information content (AvgIpc) is 3.43. The lowest BCUT2D eigenvalue weighted by molar-refractivity contribution is -0.138. The van der Waals surface area contributed by atoms with Crippen LogP contribution in [0.15, 0.2) is 86.6 Å². The van der Waals surface area contributed by atoms with Crippen LogP contribution in [0.25, 0.3) is 11.3 Å². The van der Waals surface area contributed by atoms with Gasteiger partial charge in [-0.1, -0.05) is 69.2 Å². The van der Waals surface area contributed by atoms with E-state index in [1.807, 2.05) is 48.5 Å². The second-order valence-corrected chi connectivity index (χ2v) is 11.9. The van der Waals surface area contributed by atoms with E-state index < -0.39 is 17.6 Å². The Hall–Kier alpha value is -3.99. The van der Waals surface area contributed by atoms with Crippen molar-refractivity contribution in [3.8, 4) is 5.75 Å². The van der Waals surface area contributed by atoms with Crippen LogP contribution < -0.4 is 24.5 Å². The molecule has 0 aliphatic carbocycles. The molecular formula is C31H23BrClN3O5S.